The number of benzene rings is 2. The summed E-state index contributed by atoms with van der Waals surface area (Å²) in [5.74, 6) is -0.298. The molecule has 0 radical (unpaired) electrons. The average molecular weight is 360 g/mol. The molecule has 26 heavy (non-hydrogen) atoms. The van der Waals surface area contributed by atoms with Crippen LogP contribution in [0, 0.1) is 6.92 Å². The van der Waals surface area contributed by atoms with E-state index in [1.165, 1.54) is 16.8 Å². The molecule has 7 heteroatoms. The van der Waals surface area contributed by atoms with Gasteiger partial charge in [-0.2, -0.15) is 13.2 Å². The lowest BCUT2D eigenvalue weighted by molar-refractivity contribution is -0.137. The summed E-state index contributed by atoms with van der Waals surface area (Å²) in [5, 5.41) is 9.48. The molecular weight excluding hydrogens is 345 g/mol. The number of aliphatic hydroxyl groups excluding tert-OH is 1. The Kier molecular flexibility index (Phi) is 4.65. The van der Waals surface area contributed by atoms with Crippen molar-refractivity contribution >= 4 is 5.78 Å². The third-order valence-corrected chi connectivity index (χ3v) is 4.00. The maximum absolute atomic E-state index is 13.2. The molecule has 0 saturated heterocycles. The maximum atomic E-state index is 13.2. The van der Waals surface area contributed by atoms with Gasteiger partial charge in [0.1, 0.15) is 12.4 Å². The van der Waals surface area contributed by atoms with Crippen LogP contribution in [0.3, 0.4) is 0 Å². The number of halogens is 3. The van der Waals surface area contributed by atoms with Crippen LogP contribution in [0.25, 0.3) is 5.69 Å². The predicted molar refractivity (Wildman–Crippen MR) is 89.1 cm³/mol. The van der Waals surface area contributed by atoms with E-state index < -0.39 is 24.1 Å². The zero-order valence-corrected chi connectivity index (χ0v) is 13.8. The minimum absolute atomic E-state index is 0.109. The number of aryl methyl sites for hydroxylation is 1. The standard InChI is InChI=1S/C19H15F3N2O2/c1-12-10-23-17(11-25)24(12)16-8-7-14(19(20,21)22)9-15(16)18(26)13-5-3-2-4-6-13/h2-10,25H,11H2,1H3. The van der Waals surface area contributed by atoms with Gasteiger partial charge in [0, 0.05) is 23.0 Å². The number of imidazole rings is 1. The van der Waals surface area contributed by atoms with Gasteiger partial charge in [0.25, 0.3) is 0 Å². The number of ketones is 1. The van der Waals surface area contributed by atoms with Gasteiger partial charge in [-0.05, 0) is 25.1 Å². The Bertz CT molecular complexity index is 947. The highest BCUT2D eigenvalue weighted by Gasteiger charge is 2.32. The third kappa shape index (κ3) is 3.25. The molecule has 0 saturated carbocycles. The molecule has 3 aromatic rings. The van der Waals surface area contributed by atoms with Crippen LogP contribution >= 0.6 is 0 Å². The highest BCUT2D eigenvalue weighted by atomic mass is 19.4. The van der Waals surface area contributed by atoms with E-state index in [4.69, 9.17) is 0 Å². The molecule has 0 amide bonds. The first-order valence-corrected chi connectivity index (χ1v) is 7.78. The Labute approximate surface area is 147 Å². The van der Waals surface area contributed by atoms with Gasteiger partial charge in [-0.15, -0.1) is 0 Å². The topological polar surface area (TPSA) is 55.1 Å². The molecule has 2 aromatic carbocycles. The van der Waals surface area contributed by atoms with Crippen LogP contribution in [0.15, 0.2) is 54.7 Å². The predicted octanol–water partition coefficient (Wildman–Crippen LogP) is 3.92. The lowest BCUT2D eigenvalue weighted by atomic mass is 9.99. The number of rotatable bonds is 4. The minimum Gasteiger partial charge on any atom is -0.388 e. The van der Waals surface area contributed by atoms with Gasteiger partial charge >= 0.3 is 6.18 Å². The summed E-state index contributed by atoms with van der Waals surface area (Å²) in [6.45, 7) is 1.29. The number of carbonyl (C=O) groups excluding carboxylic acids is 1. The van der Waals surface area contributed by atoms with E-state index in [1.54, 1.807) is 37.3 Å². The second-order valence-electron chi connectivity index (χ2n) is 5.73. The van der Waals surface area contributed by atoms with E-state index in [0.717, 1.165) is 12.1 Å². The van der Waals surface area contributed by atoms with Crippen LogP contribution < -0.4 is 0 Å². The fraction of sp³-hybridized carbons (Fsp3) is 0.158. The second-order valence-corrected chi connectivity index (χ2v) is 5.73. The lowest BCUT2D eigenvalue weighted by Gasteiger charge is -2.16. The molecular formula is C19H15F3N2O2. The Hall–Kier alpha value is -2.93. The molecule has 0 bridgehead atoms. The van der Waals surface area contributed by atoms with Crippen LogP contribution in [-0.4, -0.2) is 20.4 Å². The van der Waals surface area contributed by atoms with Crippen molar-refractivity contribution < 1.29 is 23.1 Å². The second kappa shape index (κ2) is 6.76. The van der Waals surface area contributed by atoms with Crippen molar-refractivity contribution in [1.82, 2.24) is 9.55 Å². The van der Waals surface area contributed by atoms with Crippen LogP contribution in [0.1, 0.15) is 33.0 Å². The van der Waals surface area contributed by atoms with Gasteiger partial charge in [-0.1, -0.05) is 30.3 Å². The van der Waals surface area contributed by atoms with Crippen molar-refractivity contribution in [2.45, 2.75) is 19.7 Å². The monoisotopic (exact) mass is 360 g/mol. The lowest BCUT2D eigenvalue weighted by Crippen LogP contribution is -2.14. The van der Waals surface area contributed by atoms with Crippen molar-refractivity contribution in [2.24, 2.45) is 0 Å². The first-order chi connectivity index (χ1) is 12.3. The molecule has 0 aliphatic rings. The summed E-state index contributed by atoms with van der Waals surface area (Å²) in [7, 11) is 0. The normalized spacial score (nSPS) is 11.6. The van der Waals surface area contributed by atoms with Crippen molar-refractivity contribution in [2.75, 3.05) is 0 Å². The number of aromatic nitrogens is 2. The molecule has 134 valence electrons. The number of hydrogen-bond acceptors (Lipinski definition) is 3. The van der Waals surface area contributed by atoms with E-state index in [1.807, 2.05) is 0 Å². The van der Waals surface area contributed by atoms with Gasteiger partial charge in [0.05, 0.1) is 11.3 Å². The van der Waals surface area contributed by atoms with Gasteiger partial charge in [-0.3, -0.25) is 9.36 Å². The van der Waals surface area contributed by atoms with Gasteiger partial charge < -0.3 is 5.11 Å². The zero-order valence-electron chi connectivity index (χ0n) is 13.8. The Morgan fingerprint density at radius 1 is 1.15 bits per heavy atom. The van der Waals surface area contributed by atoms with Gasteiger partial charge in [0.2, 0.25) is 0 Å². The summed E-state index contributed by atoms with van der Waals surface area (Å²) in [5.41, 5.74) is 0.0869. The molecule has 1 aromatic heterocycles. The largest absolute Gasteiger partial charge is 0.416 e. The number of nitrogens with zero attached hydrogens (tertiary/aromatic N) is 2. The molecule has 1 N–H and O–H groups in total. The number of alkyl halides is 3. The van der Waals surface area contributed by atoms with Crippen LogP contribution in [-0.2, 0) is 12.8 Å². The molecule has 3 rings (SSSR count). The summed E-state index contributed by atoms with van der Waals surface area (Å²) in [6, 6.07) is 11.1. The Morgan fingerprint density at radius 3 is 2.46 bits per heavy atom. The zero-order chi connectivity index (χ0) is 18.9. The van der Waals surface area contributed by atoms with E-state index in [-0.39, 0.29) is 22.6 Å². The number of hydrogen-bond donors (Lipinski definition) is 1. The van der Waals surface area contributed by atoms with Gasteiger partial charge in [0.15, 0.2) is 5.78 Å². The van der Waals surface area contributed by atoms with Crippen molar-refractivity contribution in [3.63, 3.8) is 0 Å². The van der Waals surface area contributed by atoms with E-state index in [0.29, 0.717) is 5.69 Å². The molecule has 0 spiro atoms. The summed E-state index contributed by atoms with van der Waals surface area (Å²) >= 11 is 0. The molecule has 4 nitrogen and oxygen atoms in total. The van der Waals surface area contributed by atoms with Crippen LogP contribution in [0.5, 0.6) is 0 Å². The molecule has 1 heterocycles. The first kappa shape index (κ1) is 17.9. The summed E-state index contributed by atoms with van der Waals surface area (Å²) in [4.78, 5) is 16.9. The van der Waals surface area contributed by atoms with Gasteiger partial charge in [-0.25, -0.2) is 4.98 Å². The first-order valence-electron chi connectivity index (χ1n) is 7.78. The van der Waals surface area contributed by atoms with E-state index >= 15 is 0 Å². The maximum Gasteiger partial charge on any atom is 0.416 e. The van der Waals surface area contributed by atoms with Crippen molar-refractivity contribution in [3.05, 3.63) is 82.9 Å². The SMILES string of the molecule is Cc1cnc(CO)n1-c1ccc(C(F)(F)F)cc1C(=O)c1ccccc1. The summed E-state index contributed by atoms with van der Waals surface area (Å²) < 4.78 is 41.0. The highest BCUT2D eigenvalue weighted by molar-refractivity contribution is 6.11. The summed E-state index contributed by atoms with van der Waals surface area (Å²) in [6.07, 6.45) is -3.09. The van der Waals surface area contributed by atoms with Crippen molar-refractivity contribution in [1.29, 1.82) is 0 Å². The molecule has 0 aliphatic heterocycles. The molecule has 0 aliphatic carbocycles. The fourth-order valence-corrected chi connectivity index (χ4v) is 2.76. The van der Waals surface area contributed by atoms with E-state index in [2.05, 4.69) is 4.98 Å². The van der Waals surface area contributed by atoms with E-state index in [9.17, 15) is 23.1 Å². The Morgan fingerprint density at radius 2 is 1.85 bits per heavy atom. The number of aliphatic hydroxyl groups is 1. The van der Waals surface area contributed by atoms with Crippen LogP contribution in [0.4, 0.5) is 13.2 Å². The quantitative estimate of drug-likeness (QED) is 0.718. The molecule has 0 atom stereocenters. The fourth-order valence-electron chi connectivity index (χ4n) is 2.76. The highest BCUT2D eigenvalue weighted by Crippen LogP contribution is 2.33. The van der Waals surface area contributed by atoms with Crippen molar-refractivity contribution in [3.8, 4) is 5.69 Å². The minimum atomic E-state index is -4.58. The average Bonchev–Trinajstić information content (AvgIpc) is 3.01. The number of carbonyl (C=O) groups is 1. The smallest absolute Gasteiger partial charge is 0.388 e. The molecule has 0 fully saturated rings. The third-order valence-electron chi connectivity index (χ3n) is 4.00. The Balaban J connectivity index is 2.25. The van der Waals surface area contributed by atoms with Crippen LogP contribution in [0.2, 0.25) is 0 Å². The molecule has 0 unspecified atom stereocenters.